The number of hydrogen-bond acceptors (Lipinski definition) is 7. The van der Waals surface area contributed by atoms with Crippen molar-refractivity contribution >= 4 is 116 Å². The Morgan fingerprint density at radius 2 is 0.763 bits per heavy atom. The fourth-order valence-electron chi connectivity index (χ4n) is 16.0. The predicted octanol–water partition coefficient (Wildman–Crippen LogP) is 24.9. The summed E-state index contributed by atoms with van der Waals surface area (Å²) in [6.45, 7) is 48.1. The molecule has 16 heteroatoms. The molecule has 0 aliphatic carbocycles. The van der Waals surface area contributed by atoms with Crippen molar-refractivity contribution in [1.29, 1.82) is 5.26 Å². The van der Waals surface area contributed by atoms with Gasteiger partial charge >= 0.3 is 0 Å². The molecule has 0 spiro atoms. The molecule has 0 bridgehead atoms. The van der Waals surface area contributed by atoms with E-state index in [1.807, 2.05) is 158 Å². The normalized spacial score (nSPS) is 14.0. The second kappa shape index (κ2) is 39.5. The average Bonchev–Trinajstić information content (AvgIpc) is 1.53. The van der Waals surface area contributed by atoms with Gasteiger partial charge < -0.3 is 18.4 Å². The van der Waals surface area contributed by atoms with Gasteiger partial charge in [0, 0.05) is 33.7 Å². The Morgan fingerprint density at radius 1 is 0.439 bits per heavy atom. The van der Waals surface area contributed by atoms with Crippen molar-refractivity contribution in [3.63, 3.8) is 0 Å². The molecule has 12 rings (SSSR count). The molecule has 4 aromatic heterocycles. The quantitative estimate of drug-likeness (QED) is 0.0392. The maximum atomic E-state index is 12.2. The predicted molar refractivity (Wildman–Crippen MR) is 483 cm³/mol. The lowest BCUT2D eigenvalue weighted by Gasteiger charge is -2.31. The number of benzene rings is 8. The molecule has 0 amide bonds. The van der Waals surface area contributed by atoms with E-state index in [0.29, 0.717) is 124 Å². The number of aromatic nitrogens is 6. The number of ether oxygens (including phenoxy) is 2. The lowest BCUT2D eigenvalue weighted by Crippen LogP contribution is -2.35. The Morgan fingerprint density at radius 3 is 1.11 bits per heavy atom. The standard InChI is InChI=1S/C86H98B2Cl4N8O2.2C6H6/c1-53(44-83(5,6)7)28-30-59(55(3)46-85(11,12)13)51-101-63-36-32-57(33-37-63)79-76-77(82(100(79)88-62-26-22-19-23-27-62)78(94-17)75-50-96-71-41-67(90)69(92)43-73(71)98-75)80(58-34-38-64(39-35-58)102-52-60(56(4)47-86(14,15)16)31-29-54(2)45-84(8,9)10)99(87-61-24-20-18-21-25-61)81(76)65(48-93)74-49-95-70-40-66(89)68(91)42-72(70)97-74;2*1-2-4-6-5-3-1/h18-27,32-43,49-50,53-56,59-60H,28-31,44-47,51-52H2,1-16H3;2*1-6H/b81-65-,82-78+;;. The molecule has 6 unspecified atom stereocenters. The highest BCUT2D eigenvalue weighted by Crippen LogP contribution is 2.41. The Labute approximate surface area is 699 Å². The zero-order chi connectivity index (χ0) is 82.1. The summed E-state index contributed by atoms with van der Waals surface area (Å²) in [5.41, 5.74) is 8.22. The van der Waals surface area contributed by atoms with E-state index in [9.17, 15) is 11.8 Å². The first kappa shape index (κ1) is 87.3. The lowest BCUT2D eigenvalue weighted by molar-refractivity contribution is 0.147. The first-order valence-corrected chi connectivity index (χ1v) is 41.6. The van der Waals surface area contributed by atoms with E-state index in [1.54, 1.807) is 36.7 Å². The van der Waals surface area contributed by atoms with Gasteiger partial charge in [-0.1, -0.05) is 314 Å². The monoisotopic (exact) mass is 1590 g/mol. The van der Waals surface area contributed by atoms with E-state index in [0.717, 1.165) is 84.9 Å². The summed E-state index contributed by atoms with van der Waals surface area (Å²) < 4.78 is 18.1. The molecule has 0 aliphatic rings. The van der Waals surface area contributed by atoms with Crippen LogP contribution in [0.25, 0.3) is 71.5 Å². The minimum atomic E-state index is 0.152. The largest absolute Gasteiger partial charge is 0.493 e. The summed E-state index contributed by atoms with van der Waals surface area (Å²) in [5, 5.41) is 15.7. The number of fused-ring (bicyclic) bond motifs is 3. The summed E-state index contributed by atoms with van der Waals surface area (Å²) in [7, 11) is 4.10. The fraction of sp³-hybridized carbons (Fsp3) is 0.367. The first-order chi connectivity index (χ1) is 54.2. The molecule has 0 N–H and O–H groups in total. The van der Waals surface area contributed by atoms with Gasteiger partial charge in [0.2, 0.25) is 5.70 Å². The molecule has 4 heterocycles. The second-order valence-corrected chi connectivity index (χ2v) is 37.4. The third-order valence-corrected chi connectivity index (χ3v) is 22.1. The molecule has 6 atom stereocenters. The highest BCUT2D eigenvalue weighted by Gasteiger charge is 2.32. The summed E-state index contributed by atoms with van der Waals surface area (Å²) in [6, 6.07) is 70.0. The van der Waals surface area contributed by atoms with Crippen LogP contribution in [-0.4, -0.2) is 56.9 Å². The topological polar surface area (TPSA) is 108 Å². The van der Waals surface area contributed by atoms with Crippen molar-refractivity contribution < 1.29 is 9.47 Å². The summed E-state index contributed by atoms with van der Waals surface area (Å²) in [5.74, 6) is 4.10. The minimum absolute atomic E-state index is 0.152. The van der Waals surface area contributed by atoms with Crippen LogP contribution in [0.1, 0.15) is 174 Å². The van der Waals surface area contributed by atoms with Crippen LogP contribution < -0.4 is 31.1 Å². The van der Waals surface area contributed by atoms with Crippen molar-refractivity contribution in [3.8, 4) is 40.1 Å². The molecule has 0 saturated carbocycles. The van der Waals surface area contributed by atoms with Crippen LogP contribution >= 0.6 is 46.4 Å². The minimum Gasteiger partial charge on any atom is -0.493 e. The SMILES string of the molecule is [C-]#[N+]/C(c1cnc2cc(Cl)c(Cl)cc2n1)=c1\c2c(-c3ccc(OCC(CCC(C)CC(C)(C)C)C(C)CC(C)(C)C)cc3)n([B]c3ccccc3)/c(=C(/C#N)c3cnc4cc(Cl)c(Cl)cc4n3)c2c(-c2ccc(OCC(CCC(C)CC(C)(C)C)C(C)CC(C)(C)C)cc2)n1[B]c1ccccc1.c1ccccc1.c1ccccc1. The third kappa shape index (κ3) is 24.5. The van der Waals surface area contributed by atoms with Crippen LogP contribution in [0.2, 0.25) is 20.1 Å². The van der Waals surface area contributed by atoms with E-state index in [-0.39, 0.29) is 44.3 Å². The van der Waals surface area contributed by atoms with Gasteiger partial charge in [0.05, 0.1) is 79.2 Å². The molecule has 0 aliphatic heterocycles. The number of rotatable bonds is 26. The van der Waals surface area contributed by atoms with Gasteiger partial charge in [-0.2, -0.15) is 5.26 Å². The molecular formula is C98H110B2Cl4N8O2. The zero-order valence-electron chi connectivity index (χ0n) is 69.4. The molecule has 12 aromatic rings. The molecule has 10 nitrogen and oxygen atoms in total. The van der Waals surface area contributed by atoms with Crippen molar-refractivity contribution in [2.24, 2.45) is 57.2 Å². The molecule has 588 valence electrons. The average molecular weight is 1600 g/mol. The molecule has 2 radical (unpaired) electrons. The van der Waals surface area contributed by atoms with Crippen molar-refractivity contribution in [2.45, 2.75) is 162 Å². The van der Waals surface area contributed by atoms with Crippen LogP contribution in [0.3, 0.4) is 0 Å². The van der Waals surface area contributed by atoms with Gasteiger partial charge in [0.25, 0.3) is 14.8 Å². The van der Waals surface area contributed by atoms with E-state index in [1.165, 1.54) is 0 Å². The summed E-state index contributed by atoms with van der Waals surface area (Å²) >= 11 is 26.7. The first-order valence-electron chi connectivity index (χ1n) is 40.1. The third-order valence-electron chi connectivity index (χ3n) is 20.6. The highest BCUT2D eigenvalue weighted by atomic mass is 35.5. The van der Waals surface area contributed by atoms with Gasteiger partial charge in [-0.05, 0) is 180 Å². The molecule has 8 aromatic carbocycles. The van der Waals surface area contributed by atoms with E-state index in [2.05, 4.69) is 170 Å². The number of halogens is 4. The van der Waals surface area contributed by atoms with Crippen LogP contribution in [0.5, 0.6) is 11.5 Å². The molecule has 0 fully saturated rings. The van der Waals surface area contributed by atoms with Crippen LogP contribution in [-0.2, 0) is 0 Å². The van der Waals surface area contributed by atoms with Crippen molar-refractivity contribution in [3.05, 3.63) is 272 Å². The van der Waals surface area contributed by atoms with Gasteiger partial charge in [-0.15, -0.1) is 0 Å². The molecule has 114 heavy (non-hydrogen) atoms. The molecule has 0 saturated heterocycles. The van der Waals surface area contributed by atoms with Crippen LogP contribution in [0.15, 0.2) is 219 Å². The van der Waals surface area contributed by atoms with Gasteiger partial charge in [0.1, 0.15) is 28.8 Å². The molecular weight excluding hydrogens is 1480 g/mol. The number of nitrogens with zero attached hydrogens (tertiary/aromatic N) is 8. The highest BCUT2D eigenvalue weighted by molar-refractivity contribution is 6.54. The number of hydrogen-bond donors (Lipinski definition) is 0. The Hall–Kier alpha value is -9.13. The van der Waals surface area contributed by atoms with Gasteiger partial charge in [-0.25, -0.2) is 9.83 Å². The van der Waals surface area contributed by atoms with E-state index in [4.69, 9.17) is 75.8 Å². The number of nitriles is 1. The van der Waals surface area contributed by atoms with E-state index < -0.39 is 0 Å². The van der Waals surface area contributed by atoms with Crippen LogP contribution in [0, 0.1) is 75.1 Å². The fourth-order valence-corrected chi connectivity index (χ4v) is 16.6. The zero-order valence-corrected chi connectivity index (χ0v) is 72.4. The maximum Gasteiger partial charge on any atom is 0.291 e. The Kier molecular flexibility index (Phi) is 30.2. The second-order valence-electron chi connectivity index (χ2n) is 35.8. The van der Waals surface area contributed by atoms with Crippen LogP contribution in [0.4, 0.5) is 0 Å². The summed E-state index contributed by atoms with van der Waals surface area (Å²) in [6.07, 6.45) is 12.1. The van der Waals surface area contributed by atoms with Crippen molar-refractivity contribution in [1.82, 2.24) is 28.9 Å². The van der Waals surface area contributed by atoms with Gasteiger partial charge in [-0.3, -0.25) is 15.0 Å². The smallest absolute Gasteiger partial charge is 0.291 e. The lowest BCUT2D eigenvalue weighted by atomic mass is 9.76. The van der Waals surface area contributed by atoms with Crippen molar-refractivity contribution in [2.75, 3.05) is 13.2 Å². The Bertz CT molecular complexity index is 4980. The van der Waals surface area contributed by atoms with E-state index >= 15 is 0 Å². The van der Waals surface area contributed by atoms with Gasteiger partial charge in [0.15, 0.2) is 0 Å². The Balaban J connectivity index is 0.00000105. The summed E-state index contributed by atoms with van der Waals surface area (Å²) in [4.78, 5) is 24.7. The maximum absolute atomic E-state index is 12.2.